The van der Waals surface area contributed by atoms with Gasteiger partial charge in [0.05, 0.1) is 12.2 Å². The maximum Gasteiger partial charge on any atom is 0.124 e. The quantitative estimate of drug-likeness (QED) is 0.607. The molecule has 2 N–H and O–H groups in total. The summed E-state index contributed by atoms with van der Waals surface area (Å²) in [6.07, 6.45) is -0.522. The molecule has 0 radical (unpaired) electrons. The van der Waals surface area contributed by atoms with Gasteiger partial charge in [-0.15, -0.1) is 0 Å². The first-order chi connectivity index (χ1) is 10.1. The van der Waals surface area contributed by atoms with Gasteiger partial charge in [-0.3, -0.25) is 3.53 Å². The van der Waals surface area contributed by atoms with Crippen LogP contribution < -0.4 is 8.27 Å². The number of halogens is 1. The highest BCUT2D eigenvalue weighted by molar-refractivity contribution is 14.1. The van der Waals surface area contributed by atoms with Crippen molar-refractivity contribution >= 4 is 22.9 Å². The van der Waals surface area contributed by atoms with Crippen molar-refractivity contribution in [2.75, 3.05) is 13.2 Å². The molecular weight excluding hydrogens is 379 g/mol. The van der Waals surface area contributed by atoms with Crippen molar-refractivity contribution in [3.8, 4) is 5.75 Å². The minimum atomic E-state index is -0.522. The first-order valence-corrected chi connectivity index (χ1v) is 8.10. The van der Waals surface area contributed by atoms with Crippen molar-refractivity contribution in [2.45, 2.75) is 26.1 Å². The maximum atomic E-state index is 10.1. The summed E-state index contributed by atoms with van der Waals surface area (Å²) in [6, 6.07) is 6.30. The molecule has 1 aromatic carbocycles. The van der Waals surface area contributed by atoms with Gasteiger partial charge in [0.25, 0.3) is 0 Å². The highest BCUT2D eigenvalue weighted by Gasteiger charge is 2.34. The standard InChI is InChI=1S/C16H19IN2O2/c1-10-11(2)16(20)15(10)19-5-6-21-14-4-3-12(8-18-17)7-13(14)9-19/h3-4,7,16,18,20H,2,5-6,8-9H2,1H3. The van der Waals surface area contributed by atoms with Gasteiger partial charge in [-0.2, -0.15) is 0 Å². The van der Waals surface area contributed by atoms with Crippen LogP contribution in [0.4, 0.5) is 0 Å². The Balaban J connectivity index is 1.88. The van der Waals surface area contributed by atoms with Crippen molar-refractivity contribution in [1.29, 1.82) is 0 Å². The minimum absolute atomic E-state index is 0.522. The van der Waals surface area contributed by atoms with E-state index in [1.807, 2.05) is 13.0 Å². The van der Waals surface area contributed by atoms with Gasteiger partial charge < -0.3 is 14.7 Å². The SMILES string of the molecule is C=C1C(C)=C(N2CCOc3ccc(CNI)cc3C2)C1O. The molecule has 0 fully saturated rings. The van der Waals surface area contributed by atoms with Crippen molar-refractivity contribution in [3.63, 3.8) is 0 Å². The fourth-order valence-electron chi connectivity index (χ4n) is 2.91. The molecule has 1 aromatic rings. The average Bonchev–Trinajstić information content (AvgIpc) is 2.69. The van der Waals surface area contributed by atoms with Gasteiger partial charge in [0, 0.05) is 41.5 Å². The molecule has 0 saturated carbocycles. The zero-order valence-electron chi connectivity index (χ0n) is 12.0. The Hall–Kier alpha value is -1.05. The molecule has 21 heavy (non-hydrogen) atoms. The van der Waals surface area contributed by atoms with Crippen LogP contribution in [0.15, 0.2) is 41.6 Å². The van der Waals surface area contributed by atoms with E-state index in [4.69, 9.17) is 4.74 Å². The summed E-state index contributed by atoms with van der Waals surface area (Å²) in [6.45, 7) is 8.93. The van der Waals surface area contributed by atoms with Gasteiger partial charge in [-0.05, 0) is 35.8 Å². The Morgan fingerprint density at radius 2 is 2.33 bits per heavy atom. The number of benzene rings is 1. The van der Waals surface area contributed by atoms with E-state index in [0.717, 1.165) is 42.2 Å². The summed E-state index contributed by atoms with van der Waals surface area (Å²) in [7, 11) is 0. The zero-order valence-corrected chi connectivity index (χ0v) is 14.2. The lowest BCUT2D eigenvalue weighted by Gasteiger charge is -2.38. The van der Waals surface area contributed by atoms with Gasteiger partial charge >= 0.3 is 0 Å². The van der Waals surface area contributed by atoms with Crippen molar-refractivity contribution in [3.05, 3.63) is 52.7 Å². The Labute approximate surface area is 139 Å². The van der Waals surface area contributed by atoms with Crippen LogP contribution in [0.25, 0.3) is 0 Å². The van der Waals surface area contributed by atoms with Crippen LogP contribution in [-0.2, 0) is 13.1 Å². The van der Waals surface area contributed by atoms with Gasteiger partial charge in [0.2, 0.25) is 0 Å². The Morgan fingerprint density at radius 3 is 3.05 bits per heavy atom. The number of nitrogens with zero attached hydrogens (tertiary/aromatic N) is 1. The molecule has 4 nitrogen and oxygen atoms in total. The Bertz CT molecular complexity index is 612. The molecule has 1 heterocycles. The number of fused-ring (bicyclic) bond motifs is 1. The first kappa shape index (κ1) is 14.9. The second-order valence-corrected chi connectivity index (χ2v) is 6.22. The van der Waals surface area contributed by atoms with Gasteiger partial charge in [-0.1, -0.05) is 12.6 Å². The lowest BCUT2D eigenvalue weighted by molar-refractivity contribution is 0.160. The lowest BCUT2D eigenvalue weighted by atomic mass is 9.85. The molecule has 1 aliphatic carbocycles. The molecule has 2 aliphatic rings. The molecule has 0 aromatic heterocycles. The molecule has 0 saturated heterocycles. The fourth-order valence-corrected chi connectivity index (χ4v) is 3.35. The Kier molecular flexibility index (Phi) is 4.24. The summed E-state index contributed by atoms with van der Waals surface area (Å²) in [5.74, 6) is 0.945. The molecule has 0 amide bonds. The van der Waals surface area contributed by atoms with E-state index in [0.29, 0.717) is 6.61 Å². The number of hydrogen-bond acceptors (Lipinski definition) is 4. The highest BCUT2D eigenvalue weighted by atomic mass is 127. The third kappa shape index (κ3) is 2.69. The summed E-state index contributed by atoms with van der Waals surface area (Å²) in [4.78, 5) is 2.21. The maximum absolute atomic E-state index is 10.1. The van der Waals surface area contributed by atoms with E-state index in [9.17, 15) is 5.11 Å². The van der Waals surface area contributed by atoms with E-state index in [2.05, 4.69) is 50.0 Å². The molecular formula is C16H19IN2O2. The van der Waals surface area contributed by atoms with Crippen LogP contribution in [0.2, 0.25) is 0 Å². The van der Waals surface area contributed by atoms with Crippen molar-refractivity contribution in [1.82, 2.24) is 8.43 Å². The van der Waals surface area contributed by atoms with E-state index in [-0.39, 0.29) is 0 Å². The second kappa shape index (κ2) is 5.98. The number of nitrogens with one attached hydrogen (secondary N) is 1. The number of aliphatic hydroxyl groups excluding tert-OH is 1. The molecule has 5 heteroatoms. The van der Waals surface area contributed by atoms with E-state index < -0.39 is 6.10 Å². The fraction of sp³-hybridized carbons (Fsp3) is 0.375. The summed E-state index contributed by atoms with van der Waals surface area (Å²) in [5.41, 5.74) is 5.34. The molecule has 112 valence electrons. The highest BCUT2D eigenvalue weighted by Crippen LogP contribution is 2.37. The number of rotatable bonds is 3. The molecule has 1 aliphatic heterocycles. The lowest BCUT2D eigenvalue weighted by Crippen LogP contribution is -2.39. The molecule has 1 unspecified atom stereocenters. The number of aliphatic hydroxyl groups is 1. The number of hydrogen-bond donors (Lipinski definition) is 2. The van der Waals surface area contributed by atoms with E-state index in [1.54, 1.807) is 0 Å². The van der Waals surface area contributed by atoms with Gasteiger partial charge in [0.15, 0.2) is 0 Å². The molecule has 0 bridgehead atoms. The van der Waals surface area contributed by atoms with Crippen molar-refractivity contribution < 1.29 is 9.84 Å². The van der Waals surface area contributed by atoms with Crippen LogP contribution in [0.5, 0.6) is 5.75 Å². The monoisotopic (exact) mass is 398 g/mol. The zero-order chi connectivity index (χ0) is 15.0. The second-order valence-electron chi connectivity index (χ2n) is 5.46. The third-order valence-corrected chi connectivity index (χ3v) is 4.55. The van der Waals surface area contributed by atoms with Gasteiger partial charge in [-0.25, -0.2) is 0 Å². The molecule has 3 rings (SSSR count). The summed E-state index contributed by atoms with van der Waals surface area (Å²) < 4.78 is 8.97. The van der Waals surface area contributed by atoms with Crippen LogP contribution in [0.1, 0.15) is 18.1 Å². The van der Waals surface area contributed by atoms with E-state index in [1.165, 1.54) is 11.1 Å². The van der Waals surface area contributed by atoms with Crippen LogP contribution in [0, 0.1) is 0 Å². The topological polar surface area (TPSA) is 44.7 Å². The predicted octanol–water partition coefficient (Wildman–Crippen LogP) is 2.53. The minimum Gasteiger partial charge on any atom is -0.491 e. The van der Waals surface area contributed by atoms with Crippen LogP contribution in [-0.4, -0.2) is 29.3 Å². The first-order valence-electron chi connectivity index (χ1n) is 7.03. The number of ether oxygens (including phenoxy) is 1. The summed E-state index contributed by atoms with van der Waals surface area (Å²) in [5, 5.41) is 10.1. The largest absolute Gasteiger partial charge is 0.491 e. The van der Waals surface area contributed by atoms with Crippen LogP contribution >= 0.6 is 22.9 Å². The smallest absolute Gasteiger partial charge is 0.124 e. The Morgan fingerprint density at radius 1 is 1.52 bits per heavy atom. The van der Waals surface area contributed by atoms with Gasteiger partial charge in [0.1, 0.15) is 18.5 Å². The molecule has 1 atom stereocenters. The predicted molar refractivity (Wildman–Crippen MR) is 91.1 cm³/mol. The third-order valence-electron chi connectivity index (χ3n) is 4.17. The average molecular weight is 398 g/mol. The van der Waals surface area contributed by atoms with Crippen molar-refractivity contribution in [2.24, 2.45) is 0 Å². The summed E-state index contributed by atoms with van der Waals surface area (Å²) >= 11 is 2.15. The van der Waals surface area contributed by atoms with E-state index >= 15 is 0 Å². The molecule has 0 spiro atoms. The van der Waals surface area contributed by atoms with Crippen LogP contribution in [0.3, 0.4) is 0 Å². The normalized spacial score (nSPS) is 21.6.